The van der Waals surface area contributed by atoms with Crippen LogP contribution in [0.4, 0.5) is 0 Å². The lowest BCUT2D eigenvalue weighted by Gasteiger charge is -2.12. The second-order valence-corrected chi connectivity index (χ2v) is 5.14. The standard InChI is InChI=1S/C16H22O8/c1-10(17)9-16(22)23-11(2)5-4-6-15(21)24-12(3)13(18)7-8-14(19)20/h4,6-8,10-12,17H,5,9H2,1-3H3,(H,19,20)/b6-4+,8-7+/t10-,11+,12+/m1/s1. The molecule has 0 radical (unpaired) electrons. The normalized spacial score (nSPS) is 15.0. The van der Waals surface area contributed by atoms with E-state index in [1.54, 1.807) is 6.92 Å². The molecule has 0 rings (SSSR count). The number of hydrogen-bond donors (Lipinski definition) is 2. The Morgan fingerprint density at radius 2 is 1.62 bits per heavy atom. The van der Waals surface area contributed by atoms with E-state index < -0.39 is 42.0 Å². The fourth-order valence-electron chi connectivity index (χ4n) is 1.48. The fraction of sp³-hybridized carbons (Fsp3) is 0.500. The minimum Gasteiger partial charge on any atom is -0.478 e. The molecule has 3 atom stereocenters. The van der Waals surface area contributed by atoms with E-state index >= 15 is 0 Å². The van der Waals surface area contributed by atoms with Crippen LogP contribution < -0.4 is 0 Å². The first-order valence-electron chi connectivity index (χ1n) is 7.31. The molecule has 0 aliphatic heterocycles. The van der Waals surface area contributed by atoms with E-state index in [9.17, 15) is 19.2 Å². The van der Waals surface area contributed by atoms with Crippen molar-refractivity contribution in [3.8, 4) is 0 Å². The van der Waals surface area contributed by atoms with Gasteiger partial charge >= 0.3 is 17.9 Å². The maximum absolute atomic E-state index is 11.5. The first-order valence-corrected chi connectivity index (χ1v) is 7.31. The van der Waals surface area contributed by atoms with E-state index in [4.69, 9.17) is 19.7 Å². The SMILES string of the molecule is C[C@H](OC(=O)/C=C/C[C@H](C)OC(=O)C[C@@H](C)O)C(=O)/C=C/C(=O)O. The van der Waals surface area contributed by atoms with Crippen molar-refractivity contribution in [3.05, 3.63) is 24.3 Å². The molecule has 0 amide bonds. The number of ether oxygens (including phenoxy) is 2. The van der Waals surface area contributed by atoms with Gasteiger partial charge in [0.2, 0.25) is 0 Å². The minimum absolute atomic E-state index is 0.112. The van der Waals surface area contributed by atoms with Crippen molar-refractivity contribution < 1.29 is 38.9 Å². The van der Waals surface area contributed by atoms with E-state index in [1.165, 1.54) is 19.9 Å². The van der Waals surface area contributed by atoms with Crippen LogP contribution in [-0.2, 0) is 28.7 Å². The van der Waals surface area contributed by atoms with E-state index in [2.05, 4.69) is 0 Å². The van der Waals surface area contributed by atoms with Crippen molar-refractivity contribution >= 4 is 23.7 Å². The van der Waals surface area contributed by atoms with Crippen LogP contribution in [0.15, 0.2) is 24.3 Å². The summed E-state index contributed by atoms with van der Waals surface area (Å²) in [6.07, 6.45) is 1.73. The van der Waals surface area contributed by atoms with Crippen LogP contribution in [0, 0.1) is 0 Å². The molecule has 8 nitrogen and oxygen atoms in total. The number of carboxylic acids is 1. The van der Waals surface area contributed by atoms with Gasteiger partial charge in [-0.25, -0.2) is 9.59 Å². The largest absolute Gasteiger partial charge is 0.478 e. The Hall–Kier alpha value is -2.48. The highest BCUT2D eigenvalue weighted by Crippen LogP contribution is 2.04. The lowest BCUT2D eigenvalue weighted by molar-refractivity contribution is -0.150. The van der Waals surface area contributed by atoms with Gasteiger partial charge in [-0.05, 0) is 26.8 Å². The predicted octanol–water partition coefficient (Wildman–Crippen LogP) is 0.777. The fourth-order valence-corrected chi connectivity index (χ4v) is 1.48. The lowest BCUT2D eigenvalue weighted by atomic mass is 10.2. The predicted molar refractivity (Wildman–Crippen MR) is 82.9 cm³/mol. The van der Waals surface area contributed by atoms with Crippen molar-refractivity contribution in [3.63, 3.8) is 0 Å². The van der Waals surface area contributed by atoms with Gasteiger partial charge in [0.1, 0.15) is 6.10 Å². The van der Waals surface area contributed by atoms with Crippen molar-refractivity contribution in [2.24, 2.45) is 0 Å². The summed E-state index contributed by atoms with van der Waals surface area (Å²) in [4.78, 5) is 44.5. The zero-order valence-corrected chi connectivity index (χ0v) is 13.8. The second kappa shape index (κ2) is 11.1. The molecule has 24 heavy (non-hydrogen) atoms. The summed E-state index contributed by atoms with van der Waals surface area (Å²) in [7, 11) is 0. The van der Waals surface area contributed by atoms with Crippen LogP contribution in [0.2, 0.25) is 0 Å². The van der Waals surface area contributed by atoms with Crippen molar-refractivity contribution in [1.29, 1.82) is 0 Å². The number of carboxylic acid groups (broad SMARTS) is 1. The molecule has 0 fully saturated rings. The van der Waals surface area contributed by atoms with Crippen LogP contribution >= 0.6 is 0 Å². The summed E-state index contributed by atoms with van der Waals surface area (Å²) < 4.78 is 9.80. The van der Waals surface area contributed by atoms with Gasteiger partial charge < -0.3 is 19.7 Å². The third-order valence-corrected chi connectivity index (χ3v) is 2.60. The lowest BCUT2D eigenvalue weighted by Crippen LogP contribution is -2.22. The van der Waals surface area contributed by atoms with Crippen LogP contribution in [-0.4, -0.2) is 52.2 Å². The summed E-state index contributed by atoms with van der Waals surface area (Å²) in [5.74, 6) is -3.25. The van der Waals surface area contributed by atoms with Crippen LogP contribution in [0.5, 0.6) is 0 Å². The van der Waals surface area contributed by atoms with Crippen molar-refractivity contribution in [1.82, 2.24) is 0 Å². The van der Waals surface area contributed by atoms with Gasteiger partial charge in [0, 0.05) is 18.6 Å². The van der Waals surface area contributed by atoms with Crippen molar-refractivity contribution in [2.45, 2.75) is 51.9 Å². The van der Waals surface area contributed by atoms with Crippen LogP contribution in [0.25, 0.3) is 0 Å². The first kappa shape index (κ1) is 21.5. The highest BCUT2D eigenvalue weighted by Gasteiger charge is 2.14. The number of carbonyl (C=O) groups is 4. The first-order chi connectivity index (χ1) is 11.1. The molecular formula is C16H22O8. The summed E-state index contributed by atoms with van der Waals surface area (Å²) in [6, 6.07) is 0. The Kier molecular flexibility index (Phi) is 9.97. The van der Waals surface area contributed by atoms with E-state index in [-0.39, 0.29) is 12.8 Å². The Morgan fingerprint density at radius 3 is 2.17 bits per heavy atom. The summed E-state index contributed by atoms with van der Waals surface area (Å²) in [6.45, 7) is 4.41. The van der Waals surface area contributed by atoms with E-state index in [1.807, 2.05) is 0 Å². The third-order valence-electron chi connectivity index (χ3n) is 2.60. The number of ketones is 1. The van der Waals surface area contributed by atoms with Crippen molar-refractivity contribution in [2.75, 3.05) is 0 Å². The number of rotatable bonds is 10. The maximum atomic E-state index is 11.5. The molecule has 2 N–H and O–H groups in total. The quantitative estimate of drug-likeness (QED) is 0.440. The maximum Gasteiger partial charge on any atom is 0.331 e. The monoisotopic (exact) mass is 342 g/mol. The molecule has 0 saturated carbocycles. The topological polar surface area (TPSA) is 127 Å². The minimum atomic E-state index is -1.28. The number of hydrogen-bond acceptors (Lipinski definition) is 7. The van der Waals surface area contributed by atoms with E-state index in [0.29, 0.717) is 6.08 Å². The zero-order valence-electron chi connectivity index (χ0n) is 13.8. The molecule has 0 bridgehead atoms. The van der Waals surface area contributed by atoms with Gasteiger partial charge in [-0.2, -0.15) is 0 Å². The molecule has 0 aromatic carbocycles. The van der Waals surface area contributed by atoms with Gasteiger partial charge in [0.25, 0.3) is 0 Å². The highest BCUT2D eigenvalue weighted by molar-refractivity contribution is 5.99. The number of esters is 2. The number of aliphatic hydroxyl groups is 1. The Balaban J connectivity index is 4.22. The summed E-state index contributed by atoms with van der Waals surface area (Å²) in [5.41, 5.74) is 0. The molecule has 134 valence electrons. The van der Waals surface area contributed by atoms with Gasteiger partial charge in [0.05, 0.1) is 12.5 Å². The molecule has 0 heterocycles. The Bertz CT molecular complexity index is 518. The molecule has 0 aromatic heterocycles. The van der Waals surface area contributed by atoms with Gasteiger partial charge in [-0.1, -0.05) is 6.08 Å². The average molecular weight is 342 g/mol. The zero-order chi connectivity index (χ0) is 18.7. The number of aliphatic hydroxyl groups excluding tert-OH is 1. The molecule has 0 aromatic rings. The van der Waals surface area contributed by atoms with Crippen LogP contribution in [0.1, 0.15) is 33.6 Å². The average Bonchev–Trinajstić information content (AvgIpc) is 2.43. The highest BCUT2D eigenvalue weighted by atomic mass is 16.5. The molecule has 0 aliphatic rings. The van der Waals surface area contributed by atoms with Gasteiger partial charge in [-0.15, -0.1) is 0 Å². The summed E-state index contributed by atoms with van der Waals surface area (Å²) >= 11 is 0. The molecular weight excluding hydrogens is 320 g/mol. The van der Waals surface area contributed by atoms with Gasteiger partial charge in [-0.3, -0.25) is 9.59 Å². The Labute approximate surface area is 139 Å². The molecule has 0 saturated heterocycles. The number of aliphatic carboxylic acids is 1. The Morgan fingerprint density at radius 1 is 1.00 bits per heavy atom. The number of carbonyl (C=O) groups excluding carboxylic acids is 3. The molecule has 0 unspecified atom stereocenters. The second-order valence-electron chi connectivity index (χ2n) is 5.14. The van der Waals surface area contributed by atoms with Gasteiger partial charge in [0.15, 0.2) is 11.9 Å². The molecule has 8 heteroatoms. The molecule has 0 aliphatic carbocycles. The smallest absolute Gasteiger partial charge is 0.331 e. The van der Waals surface area contributed by atoms with Crippen LogP contribution in [0.3, 0.4) is 0 Å². The third kappa shape index (κ3) is 11.1. The van der Waals surface area contributed by atoms with E-state index in [0.717, 1.165) is 12.2 Å². The summed E-state index contributed by atoms with van der Waals surface area (Å²) in [5, 5.41) is 17.4. The molecule has 0 spiro atoms.